The van der Waals surface area contributed by atoms with Crippen molar-refractivity contribution in [1.82, 2.24) is 0 Å². The van der Waals surface area contributed by atoms with Crippen LogP contribution in [0.2, 0.25) is 0 Å². The van der Waals surface area contributed by atoms with Gasteiger partial charge in [0.25, 0.3) is 0 Å². The Kier molecular flexibility index (Phi) is 31.0. The van der Waals surface area contributed by atoms with Gasteiger partial charge in [0.05, 0.1) is 12.7 Å². The third kappa shape index (κ3) is 29.3. The molecular formula is C28H55KO6S. The molecule has 0 saturated heterocycles. The summed E-state index contributed by atoms with van der Waals surface area (Å²) >= 11 is 0. The van der Waals surface area contributed by atoms with Gasteiger partial charge in [-0.3, -0.25) is 4.79 Å². The Balaban J connectivity index is -0.00000578. The smallest absolute Gasteiger partial charge is 1.00 e. The second-order valence-electron chi connectivity index (χ2n) is 9.68. The average molecular weight is 559 g/mol. The predicted octanol–water partition coefficient (Wildman–Crippen LogP) is 5.06. The minimum atomic E-state index is -4.24. The molecule has 0 aliphatic rings. The molecule has 0 aliphatic heterocycles. The summed E-state index contributed by atoms with van der Waals surface area (Å²) < 4.78 is 32.8. The molecule has 36 heavy (non-hydrogen) atoms. The summed E-state index contributed by atoms with van der Waals surface area (Å²) in [5, 5.41) is 9.93. The van der Waals surface area contributed by atoms with Gasteiger partial charge in [-0.1, -0.05) is 116 Å². The Bertz CT molecular complexity index is 616. The van der Waals surface area contributed by atoms with Crippen molar-refractivity contribution in [3.8, 4) is 0 Å². The molecule has 0 amide bonds. The number of carbonyl (C=O) groups excluding carboxylic acids is 1. The molecule has 0 fully saturated rings. The Morgan fingerprint density at radius 1 is 0.778 bits per heavy atom. The van der Waals surface area contributed by atoms with Crippen LogP contribution < -0.4 is 51.4 Å². The largest absolute Gasteiger partial charge is 1.00 e. The van der Waals surface area contributed by atoms with Crippen LogP contribution in [-0.2, 0) is 23.6 Å². The van der Waals surface area contributed by atoms with E-state index >= 15 is 0 Å². The molecule has 0 aromatic heterocycles. The van der Waals surface area contributed by atoms with E-state index in [0.717, 1.165) is 64.2 Å². The fourth-order valence-electron chi connectivity index (χ4n) is 3.93. The number of hydrogen-bond acceptors (Lipinski definition) is 6. The van der Waals surface area contributed by atoms with Crippen LogP contribution in [0, 0.1) is 0 Å². The SMILES string of the molecule is CCCCCCCCCCOS(=O)(=O)OC(=O)CCCCCCC/C=C\C[C@H](O)CCCCCC.[H-].[K+]. The van der Waals surface area contributed by atoms with Gasteiger partial charge in [-0.25, -0.2) is 4.18 Å². The zero-order valence-corrected chi connectivity index (χ0v) is 27.6. The zero-order chi connectivity index (χ0) is 26.0. The van der Waals surface area contributed by atoms with Gasteiger partial charge in [0.15, 0.2) is 0 Å². The van der Waals surface area contributed by atoms with Crippen molar-refractivity contribution in [3.63, 3.8) is 0 Å². The van der Waals surface area contributed by atoms with Crippen LogP contribution in [-0.4, -0.2) is 32.2 Å². The summed E-state index contributed by atoms with van der Waals surface area (Å²) in [6.07, 6.45) is 25.0. The van der Waals surface area contributed by atoms with Gasteiger partial charge in [-0.05, 0) is 38.5 Å². The fraction of sp³-hybridized carbons (Fsp3) is 0.893. The maximum absolute atomic E-state index is 11.8. The van der Waals surface area contributed by atoms with E-state index in [4.69, 9.17) is 4.18 Å². The monoisotopic (exact) mass is 558 g/mol. The second-order valence-corrected chi connectivity index (χ2v) is 10.9. The molecule has 0 aromatic carbocycles. The second kappa shape index (κ2) is 28.7. The summed E-state index contributed by atoms with van der Waals surface area (Å²) in [6.45, 7) is 4.45. The van der Waals surface area contributed by atoms with Crippen molar-refractivity contribution >= 4 is 16.4 Å². The summed E-state index contributed by atoms with van der Waals surface area (Å²) in [7, 11) is -4.24. The van der Waals surface area contributed by atoms with E-state index < -0.39 is 16.4 Å². The topological polar surface area (TPSA) is 89.9 Å². The van der Waals surface area contributed by atoms with Gasteiger partial charge in [0.1, 0.15) is 0 Å². The van der Waals surface area contributed by atoms with Crippen molar-refractivity contribution in [2.75, 3.05) is 6.61 Å². The number of carbonyl (C=O) groups is 1. The normalized spacial score (nSPS) is 12.5. The van der Waals surface area contributed by atoms with Crippen molar-refractivity contribution in [2.45, 2.75) is 155 Å². The van der Waals surface area contributed by atoms with Crippen LogP contribution in [0.15, 0.2) is 12.2 Å². The third-order valence-corrected chi connectivity index (χ3v) is 6.98. The van der Waals surface area contributed by atoms with Crippen LogP contribution >= 0.6 is 0 Å². The van der Waals surface area contributed by atoms with Gasteiger partial charge >= 0.3 is 67.8 Å². The van der Waals surface area contributed by atoms with Crippen LogP contribution in [0.3, 0.4) is 0 Å². The molecule has 1 N–H and O–H groups in total. The molecule has 0 spiro atoms. The van der Waals surface area contributed by atoms with Crippen molar-refractivity contribution in [1.29, 1.82) is 0 Å². The van der Waals surface area contributed by atoms with Gasteiger partial charge in [-0.2, -0.15) is 8.42 Å². The number of aliphatic hydroxyl groups excluding tert-OH is 1. The molecule has 0 heterocycles. The van der Waals surface area contributed by atoms with Gasteiger partial charge in [0, 0.05) is 6.42 Å². The first kappa shape index (κ1) is 38.9. The van der Waals surface area contributed by atoms with Crippen molar-refractivity contribution in [3.05, 3.63) is 12.2 Å². The van der Waals surface area contributed by atoms with Crippen molar-refractivity contribution < 1.29 is 79.5 Å². The van der Waals surface area contributed by atoms with E-state index in [1.165, 1.54) is 51.4 Å². The molecule has 0 saturated carbocycles. The number of hydrogen-bond donors (Lipinski definition) is 1. The molecule has 0 rings (SSSR count). The molecular weight excluding hydrogens is 503 g/mol. The maximum atomic E-state index is 11.8. The fourth-order valence-corrected chi connectivity index (χ4v) is 4.62. The van der Waals surface area contributed by atoms with Gasteiger partial charge in [-0.15, -0.1) is 0 Å². The first-order chi connectivity index (χ1) is 16.9. The maximum Gasteiger partial charge on any atom is 1.00 e. The van der Waals surface area contributed by atoms with E-state index in [-0.39, 0.29) is 71.9 Å². The molecule has 0 aliphatic carbocycles. The number of rotatable bonds is 26. The third-order valence-electron chi connectivity index (χ3n) is 6.14. The van der Waals surface area contributed by atoms with Crippen LogP contribution in [0.25, 0.3) is 0 Å². The summed E-state index contributed by atoms with van der Waals surface area (Å²) in [4.78, 5) is 11.8. The van der Waals surface area contributed by atoms with Crippen molar-refractivity contribution in [2.24, 2.45) is 0 Å². The van der Waals surface area contributed by atoms with E-state index in [1.807, 2.05) is 0 Å². The predicted molar refractivity (Wildman–Crippen MR) is 146 cm³/mol. The first-order valence-electron chi connectivity index (χ1n) is 14.4. The van der Waals surface area contributed by atoms with Crippen LogP contribution in [0.1, 0.15) is 150 Å². The van der Waals surface area contributed by atoms with E-state index in [1.54, 1.807) is 0 Å². The molecule has 0 radical (unpaired) electrons. The number of aliphatic hydroxyl groups is 1. The Morgan fingerprint density at radius 3 is 1.94 bits per heavy atom. The Morgan fingerprint density at radius 2 is 1.31 bits per heavy atom. The summed E-state index contributed by atoms with van der Waals surface area (Å²) in [6, 6.07) is 0. The van der Waals surface area contributed by atoms with E-state index in [0.29, 0.717) is 12.8 Å². The zero-order valence-electron chi connectivity index (χ0n) is 24.7. The number of allylic oxidation sites excluding steroid dienone is 1. The Labute approximate surface area is 267 Å². The minimum absolute atomic E-state index is 0. The van der Waals surface area contributed by atoms with Gasteiger partial charge in [0.2, 0.25) is 0 Å². The van der Waals surface area contributed by atoms with E-state index in [2.05, 4.69) is 30.2 Å². The quantitative estimate of drug-likeness (QED) is 0.0907. The first-order valence-corrected chi connectivity index (χ1v) is 15.7. The molecule has 8 heteroatoms. The standard InChI is InChI=1S/C28H54O6S.K.H/c1-3-5-7-9-10-15-18-22-26-33-35(31,32)34-28(30)25-21-17-14-12-11-13-16-20-24-27(29)23-19-8-6-4-2;;/h16,20,27,29H,3-15,17-19,21-26H2,1-2H3;;/q;+1;-1/b20-16-;;/t27-;;/m1../s1. The molecule has 0 unspecified atom stereocenters. The molecule has 6 nitrogen and oxygen atoms in total. The van der Waals surface area contributed by atoms with Gasteiger partial charge < -0.3 is 10.7 Å². The Hall–Kier alpha value is 0.716. The average Bonchev–Trinajstić information content (AvgIpc) is 2.81. The van der Waals surface area contributed by atoms with Crippen LogP contribution in [0.4, 0.5) is 0 Å². The summed E-state index contributed by atoms with van der Waals surface area (Å²) in [5.74, 6) is -0.739. The molecule has 1 atom stereocenters. The molecule has 0 bridgehead atoms. The van der Waals surface area contributed by atoms with Crippen LogP contribution in [0.5, 0.6) is 0 Å². The molecule has 210 valence electrons. The number of unbranched alkanes of at least 4 members (excludes halogenated alkanes) is 15. The summed E-state index contributed by atoms with van der Waals surface area (Å²) in [5.41, 5.74) is 0. The van der Waals surface area contributed by atoms with E-state index in [9.17, 15) is 18.3 Å². The molecule has 0 aromatic rings. The minimum Gasteiger partial charge on any atom is -1.00 e.